The lowest BCUT2D eigenvalue weighted by atomic mass is 10.2. The van der Waals surface area contributed by atoms with Crippen LogP contribution in [0.3, 0.4) is 0 Å². The molecule has 1 heterocycles. The van der Waals surface area contributed by atoms with E-state index in [-0.39, 0.29) is 0 Å². The van der Waals surface area contributed by atoms with Gasteiger partial charge in [-0.15, -0.1) is 0 Å². The number of rotatable bonds is 5. The number of aromatic nitrogens is 1. The second kappa shape index (κ2) is 6.89. The molecule has 1 aromatic carbocycles. The maximum Gasteiger partial charge on any atom is 0.146 e. The van der Waals surface area contributed by atoms with Crippen LogP contribution in [-0.2, 0) is 6.54 Å². The first kappa shape index (κ1) is 14.3. The van der Waals surface area contributed by atoms with E-state index in [0.29, 0.717) is 16.5 Å². The number of hydrogen-bond acceptors (Lipinski definition) is 3. The Hall–Kier alpha value is -1.10. The van der Waals surface area contributed by atoms with Crippen LogP contribution in [0.4, 0.5) is 0 Å². The lowest BCUT2D eigenvalue weighted by Crippen LogP contribution is -2.11. The third-order valence-electron chi connectivity index (χ3n) is 2.51. The molecule has 0 aliphatic carbocycles. The van der Waals surface area contributed by atoms with Crippen molar-refractivity contribution in [2.75, 3.05) is 6.54 Å². The van der Waals surface area contributed by atoms with Crippen LogP contribution < -0.4 is 10.1 Å². The van der Waals surface area contributed by atoms with Gasteiger partial charge in [-0.1, -0.05) is 24.6 Å². The summed E-state index contributed by atoms with van der Waals surface area (Å²) in [5.41, 5.74) is 1.06. The molecule has 0 bridgehead atoms. The molecule has 5 heteroatoms. The Bertz CT molecular complexity index is 563. The summed E-state index contributed by atoms with van der Waals surface area (Å²) in [6, 6.07) is 7.54. The van der Waals surface area contributed by atoms with Crippen molar-refractivity contribution in [1.29, 1.82) is 0 Å². The zero-order chi connectivity index (χ0) is 13.7. The first-order chi connectivity index (χ1) is 9.19. The Labute approximate surface area is 126 Å². The SMILES string of the molecule is CCNCc1ccc(Oc2cncc(Br)c2)cc1Cl. The molecule has 0 radical (unpaired) electrons. The van der Waals surface area contributed by atoms with E-state index in [1.165, 1.54) is 0 Å². The van der Waals surface area contributed by atoms with Crippen LogP contribution in [-0.4, -0.2) is 11.5 Å². The van der Waals surface area contributed by atoms with Crippen LogP contribution in [0.25, 0.3) is 0 Å². The van der Waals surface area contributed by atoms with Gasteiger partial charge in [0.05, 0.1) is 6.20 Å². The van der Waals surface area contributed by atoms with E-state index in [0.717, 1.165) is 23.1 Å². The van der Waals surface area contributed by atoms with Crippen molar-refractivity contribution < 1.29 is 4.74 Å². The molecular formula is C14H14BrClN2O. The summed E-state index contributed by atoms with van der Waals surface area (Å²) in [4.78, 5) is 4.05. The van der Waals surface area contributed by atoms with Gasteiger partial charge in [0.15, 0.2) is 0 Å². The average Bonchev–Trinajstić information content (AvgIpc) is 2.38. The number of nitrogens with one attached hydrogen (secondary N) is 1. The highest BCUT2D eigenvalue weighted by molar-refractivity contribution is 9.10. The Morgan fingerprint density at radius 3 is 2.79 bits per heavy atom. The smallest absolute Gasteiger partial charge is 0.146 e. The van der Waals surface area contributed by atoms with E-state index in [9.17, 15) is 0 Å². The highest BCUT2D eigenvalue weighted by atomic mass is 79.9. The molecule has 0 unspecified atom stereocenters. The summed E-state index contributed by atoms with van der Waals surface area (Å²) in [7, 11) is 0. The molecule has 3 nitrogen and oxygen atoms in total. The molecule has 100 valence electrons. The summed E-state index contributed by atoms with van der Waals surface area (Å²) >= 11 is 9.57. The molecule has 0 fully saturated rings. The van der Waals surface area contributed by atoms with Crippen LogP contribution in [0, 0.1) is 0 Å². The van der Waals surface area contributed by atoms with Crippen molar-refractivity contribution >= 4 is 27.5 Å². The molecule has 0 aliphatic rings. The van der Waals surface area contributed by atoms with Crippen LogP contribution >= 0.6 is 27.5 Å². The molecule has 1 aromatic heterocycles. The van der Waals surface area contributed by atoms with Gasteiger partial charge in [-0.2, -0.15) is 0 Å². The molecule has 0 amide bonds. The maximum absolute atomic E-state index is 6.22. The van der Waals surface area contributed by atoms with Crippen molar-refractivity contribution in [1.82, 2.24) is 10.3 Å². The average molecular weight is 342 g/mol. The molecule has 19 heavy (non-hydrogen) atoms. The van der Waals surface area contributed by atoms with Crippen LogP contribution in [0.5, 0.6) is 11.5 Å². The van der Waals surface area contributed by atoms with Gasteiger partial charge in [0.1, 0.15) is 11.5 Å². The highest BCUT2D eigenvalue weighted by Gasteiger charge is 2.04. The van der Waals surface area contributed by atoms with Crippen LogP contribution in [0.15, 0.2) is 41.1 Å². The summed E-state index contributed by atoms with van der Waals surface area (Å²) in [6.07, 6.45) is 3.37. The molecule has 2 aromatic rings. The van der Waals surface area contributed by atoms with Gasteiger partial charge >= 0.3 is 0 Å². The monoisotopic (exact) mass is 340 g/mol. The predicted octanol–water partition coefficient (Wildman–Crippen LogP) is 4.40. The van der Waals surface area contributed by atoms with E-state index < -0.39 is 0 Å². The van der Waals surface area contributed by atoms with Crippen LogP contribution in [0.2, 0.25) is 5.02 Å². The minimum absolute atomic E-state index is 0.671. The maximum atomic E-state index is 6.22. The first-order valence-electron chi connectivity index (χ1n) is 5.96. The van der Waals surface area contributed by atoms with E-state index in [4.69, 9.17) is 16.3 Å². The Balaban J connectivity index is 2.11. The van der Waals surface area contributed by atoms with E-state index in [1.54, 1.807) is 12.4 Å². The largest absolute Gasteiger partial charge is 0.456 e. The Morgan fingerprint density at radius 1 is 1.26 bits per heavy atom. The quantitative estimate of drug-likeness (QED) is 0.875. The Morgan fingerprint density at radius 2 is 2.11 bits per heavy atom. The molecule has 1 N–H and O–H groups in total. The molecule has 0 saturated carbocycles. The fourth-order valence-corrected chi connectivity index (χ4v) is 2.16. The lowest BCUT2D eigenvalue weighted by molar-refractivity contribution is 0.479. The van der Waals surface area contributed by atoms with Crippen molar-refractivity contribution in [3.05, 3.63) is 51.7 Å². The molecule has 0 saturated heterocycles. The van der Waals surface area contributed by atoms with Crippen LogP contribution in [0.1, 0.15) is 12.5 Å². The molecule has 0 atom stereocenters. The van der Waals surface area contributed by atoms with Gasteiger partial charge in [0.25, 0.3) is 0 Å². The van der Waals surface area contributed by atoms with Crippen molar-refractivity contribution in [3.8, 4) is 11.5 Å². The number of hydrogen-bond donors (Lipinski definition) is 1. The highest BCUT2D eigenvalue weighted by Crippen LogP contribution is 2.27. The van der Waals surface area contributed by atoms with Crippen molar-refractivity contribution in [2.24, 2.45) is 0 Å². The van der Waals surface area contributed by atoms with Gasteiger partial charge in [-0.3, -0.25) is 4.98 Å². The zero-order valence-electron chi connectivity index (χ0n) is 10.5. The lowest BCUT2D eigenvalue weighted by Gasteiger charge is -2.09. The fourth-order valence-electron chi connectivity index (χ4n) is 1.58. The van der Waals surface area contributed by atoms with Crippen molar-refractivity contribution in [2.45, 2.75) is 13.5 Å². The molecule has 0 aliphatic heterocycles. The minimum atomic E-state index is 0.671. The second-order valence-electron chi connectivity index (χ2n) is 3.97. The number of pyridine rings is 1. The summed E-state index contributed by atoms with van der Waals surface area (Å²) in [5, 5.41) is 3.94. The van der Waals surface area contributed by atoms with Gasteiger partial charge in [0, 0.05) is 22.2 Å². The summed E-state index contributed by atoms with van der Waals surface area (Å²) in [6.45, 7) is 3.73. The number of benzene rings is 1. The molecule has 0 spiro atoms. The summed E-state index contributed by atoms with van der Waals surface area (Å²) < 4.78 is 6.58. The topological polar surface area (TPSA) is 34.1 Å². The third-order valence-corrected chi connectivity index (χ3v) is 3.29. The van der Waals surface area contributed by atoms with Gasteiger partial charge in [-0.05, 0) is 46.2 Å². The van der Waals surface area contributed by atoms with Gasteiger partial charge in [-0.25, -0.2) is 0 Å². The number of ether oxygens (including phenoxy) is 1. The standard InChI is InChI=1S/C14H14BrClN2O/c1-2-17-7-10-3-4-12(6-14(10)16)19-13-5-11(15)8-18-9-13/h3-6,8-9,17H,2,7H2,1H3. The second-order valence-corrected chi connectivity index (χ2v) is 5.30. The minimum Gasteiger partial charge on any atom is -0.456 e. The van der Waals surface area contributed by atoms with Gasteiger partial charge < -0.3 is 10.1 Å². The van der Waals surface area contributed by atoms with E-state index >= 15 is 0 Å². The van der Waals surface area contributed by atoms with Crippen molar-refractivity contribution in [3.63, 3.8) is 0 Å². The van der Waals surface area contributed by atoms with E-state index in [2.05, 4.69) is 33.2 Å². The number of nitrogens with zero attached hydrogens (tertiary/aromatic N) is 1. The van der Waals surface area contributed by atoms with Gasteiger partial charge in [0.2, 0.25) is 0 Å². The molecule has 2 rings (SSSR count). The molecular weight excluding hydrogens is 328 g/mol. The normalized spacial score (nSPS) is 10.5. The van der Waals surface area contributed by atoms with E-state index in [1.807, 2.05) is 24.3 Å². The summed E-state index contributed by atoms with van der Waals surface area (Å²) in [5.74, 6) is 1.37. The Kier molecular flexibility index (Phi) is 5.19. The predicted molar refractivity (Wildman–Crippen MR) is 80.8 cm³/mol. The fraction of sp³-hybridized carbons (Fsp3) is 0.214. The number of halogens is 2. The third kappa shape index (κ3) is 4.20. The zero-order valence-corrected chi connectivity index (χ0v) is 12.8. The first-order valence-corrected chi connectivity index (χ1v) is 7.13.